The summed E-state index contributed by atoms with van der Waals surface area (Å²) in [7, 11) is 0. The standard InChI is InChI=1S/C15H15N3O4/c1-3-18-13(15(20)21)12(9(2)22-18)14(19)17-11-6-4-10(8-16)5-7-11/h4-7,13H,3H2,1-2H3,(H,17,19)(H,20,21). The fraction of sp³-hybridized carbons (Fsp3) is 0.267. The molecule has 0 aromatic heterocycles. The predicted molar refractivity (Wildman–Crippen MR) is 77.4 cm³/mol. The minimum absolute atomic E-state index is 0.0682. The highest BCUT2D eigenvalue weighted by molar-refractivity contribution is 6.08. The van der Waals surface area contributed by atoms with Crippen LogP contribution in [0, 0.1) is 11.3 Å². The Kier molecular flexibility index (Phi) is 4.44. The van der Waals surface area contributed by atoms with Crippen molar-refractivity contribution in [2.24, 2.45) is 0 Å². The topological polar surface area (TPSA) is 103 Å². The number of hydroxylamine groups is 2. The number of nitrogens with zero attached hydrogens (tertiary/aromatic N) is 2. The molecule has 2 N–H and O–H groups in total. The summed E-state index contributed by atoms with van der Waals surface area (Å²) in [5.41, 5.74) is 1.01. The first kappa shape index (κ1) is 15.5. The second kappa shape index (κ2) is 6.28. The zero-order valence-electron chi connectivity index (χ0n) is 12.2. The van der Waals surface area contributed by atoms with Gasteiger partial charge >= 0.3 is 5.97 Å². The third-order valence-corrected chi connectivity index (χ3v) is 3.26. The predicted octanol–water partition coefficient (Wildman–Crippen LogP) is 1.49. The minimum atomic E-state index is -1.15. The number of carboxylic acid groups (broad SMARTS) is 1. The average molecular weight is 301 g/mol. The van der Waals surface area contributed by atoms with Crippen molar-refractivity contribution >= 4 is 17.6 Å². The van der Waals surface area contributed by atoms with Gasteiger partial charge in [-0.3, -0.25) is 9.59 Å². The molecule has 1 aromatic rings. The van der Waals surface area contributed by atoms with E-state index in [1.807, 2.05) is 6.07 Å². The summed E-state index contributed by atoms with van der Waals surface area (Å²) < 4.78 is 0. The van der Waals surface area contributed by atoms with Crippen LogP contribution in [0.1, 0.15) is 19.4 Å². The minimum Gasteiger partial charge on any atom is -0.480 e. The number of carboxylic acids is 1. The summed E-state index contributed by atoms with van der Waals surface area (Å²) in [5.74, 6) is -1.42. The van der Waals surface area contributed by atoms with E-state index in [-0.39, 0.29) is 11.3 Å². The van der Waals surface area contributed by atoms with E-state index >= 15 is 0 Å². The molecule has 7 heteroatoms. The number of benzene rings is 1. The summed E-state index contributed by atoms with van der Waals surface area (Å²) in [6.45, 7) is 3.63. The van der Waals surface area contributed by atoms with Crippen LogP contribution in [-0.4, -0.2) is 34.6 Å². The number of anilines is 1. The normalized spacial score (nSPS) is 17.8. The van der Waals surface area contributed by atoms with Crippen LogP contribution in [0.25, 0.3) is 0 Å². The Hall–Kier alpha value is -2.85. The number of nitriles is 1. The molecule has 0 saturated carbocycles. The number of nitrogens with one attached hydrogen (secondary N) is 1. The largest absolute Gasteiger partial charge is 0.480 e. The van der Waals surface area contributed by atoms with Crippen LogP contribution in [0.5, 0.6) is 0 Å². The summed E-state index contributed by atoms with van der Waals surface area (Å²) in [4.78, 5) is 29.1. The molecule has 22 heavy (non-hydrogen) atoms. The van der Waals surface area contributed by atoms with Crippen molar-refractivity contribution in [3.8, 4) is 6.07 Å². The first-order valence-corrected chi connectivity index (χ1v) is 6.67. The van der Waals surface area contributed by atoms with Crippen molar-refractivity contribution in [3.05, 3.63) is 41.2 Å². The molecule has 0 fully saturated rings. The molecule has 0 aliphatic carbocycles. The highest BCUT2D eigenvalue weighted by Gasteiger charge is 2.41. The molecule has 1 aliphatic rings. The van der Waals surface area contributed by atoms with Gasteiger partial charge in [0.25, 0.3) is 5.91 Å². The zero-order chi connectivity index (χ0) is 16.3. The van der Waals surface area contributed by atoms with Gasteiger partial charge in [0.1, 0.15) is 5.76 Å². The molecule has 0 spiro atoms. The van der Waals surface area contributed by atoms with E-state index in [0.29, 0.717) is 17.8 Å². The molecule has 0 saturated heterocycles. The van der Waals surface area contributed by atoms with Gasteiger partial charge in [-0.05, 0) is 38.1 Å². The van der Waals surface area contributed by atoms with Crippen LogP contribution in [0.2, 0.25) is 0 Å². The highest BCUT2D eigenvalue weighted by atomic mass is 16.7. The van der Waals surface area contributed by atoms with E-state index in [2.05, 4.69) is 5.32 Å². The van der Waals surface area contributed by atoms with E-state index in [4.69, 9.17) is 10.1 Å². The van der Waals surface area contributed by atoms with Crippen LogP contribution < -0.4 is 5.32 Å². The van der Waals surface area contributed by atoms with Crippen LogP contribution in [-0.2, 0) is 14.4 Å². The maximum atomic E-state index is 12.4. The van der Waals surface area contributed by atoms with E-state index in [9.17, 15) is 14.7 Å². The molecule has 1 atom stereocenters. The molecule has 0 bridgehead atoms. The van der Waals surface area contributed by atoms with Crippen LogP contribution in [0.3, 0.4) is 0 Å². The lowest BCUT2D eigenvalue weighted by Gasteiger charge is -2.19. The molecule has 0 radical (unpaired) electrons. The van der Waals surface area contributed by atoms with Crippen LogP contribution >= 0.6 is 0 Å². The van der Waals surface area contributed by atoms with Gasteiger partial charge in [-0.1, -0.05) is 0 Å². The third kappa shape index (κ3) is 2.92. The molecule has 1 heterocycles. The Morgan fingerprint density at radius 3 is 2.55 bits per heavy atom. The van der Waals surface area contributed by atoms with Crippen molar-refractivity contribution in [2.45, 2.75) is 19.9 Å². The number of likely N-dealkylation sites (N-methyl/N-ethyl adjacent to an activating group) is 1. The molecule has 7 nitrogen and oxygen atoms in total. The number of hydrogen-bond acceptors (Lipinski definition) is 5. The summed E-state index contributed by atoms with van der Waals surface area (Å²) in [6, 6.07) is 7.13. The van der Waals surface area contributed by atoms with Crippen molar-refractivity contribution in [2.75, 3.05) is 11.9 Å². The fourth-order valence-corrected chi connectivity index (χ4v) is 2.22. The number of carbonyl (C=O) groups excluding carboxylic acids is 1. The number of allylic oxidation sites excluding steroid dienone is 1. The molecule has 2 rings (SSSR count). The van der Waals surface area contributed by atoms with Gasteiger partial charge in [0.05, 0.1) is 17.2 Å². The number of hydrogen-bond donors (Lipinski definition) is 2. The second-order valence-corrected chi connectivity index (χ2v) is 4.68. The van der Waals surface area contributed by atoms with E-state index in [1.165, 1.54) is 5.06 Å². The van der Waals surface area contributed by atoms with Gasteiger partial charge in [-0.25, -0.2) is 0 Å². The van der Waals surface area contributed by atoms with Gasteiger partial charge < -0.3 is 15.3 Å². The Morgan fingerprint density at radius 2 is 2.05 bits per heavy atom. The lowest BCUT2D eigenvalue weighted by molar-refractivity contribution is -0.161. The second-order valence-electron chi connectivity index (χ2n) is 4.68. The Labute approximate surface area is 127 Å². The lowest BCUT2D eigenvalue weighted by atomic mass is 10.1. The fourth-order valence-electron chi connectivity index (χ4n) is 2.22. The molecule has 1 amide bonds. The van der Waals surface area contributed by atoms with Crippen molar-refractivity contribution in [3.63, 3.8) is 0 Å². The molecular formula is C15H15N3O4. The van der Waals surface area contributed by atoms with Gasteiger partial charge in [-0.2, -0.15) is 5.26 Å². The van der Waals surface area contributed by atoms with Gasteiger partial charge in [0.2, 0.25) is 0 Å². The van der Waals surface area contributed by atoms with E-state index in [0.717, 1.165) is 0 Å². The first-order chi connectivity index (χ1) is 10.5. The molecule has 1 aliphatic heterocycles. The van der Waals surface area contributed by atoms with Gasteiger partial charge in [-0.15, -0.1) is 5.06 Å². The first-order valence-electron chi connectivity index (χ1n) is 6.67. The van der Waals surface area contributed by atoms with E-state index in [1.54, 1.807) is 38.1 Å². The highest BCUT2D eigenvalue weighted by Crippen LogP contribution is 2.27. The molecule has 1 unspecified atom stereocenters. The molecule has 114 valence electrons. The average Bonchev–Trinajstić information content (AvgIpc) is 2.85. The smallest absolute Gasteiger partial charge is 0.329 e. The number of amides is 1. The number of carbonyl (C=O) groups is 2. The van der Waals surface area contributed by atoms with Crippen LogP contribution in [0.4, 0.5) is 5.69 Å². The lowest BCUT2D eigenvalue weighted by Crippen LogP contribution is -2.40. The number of rotatable bonds is 4. The maximum absolute atomic E-state index is 12.4. The molecular weight excluding hydrogens is 286 g/mol. The van der Waals surface area contributed by atoms with Crippen molar-refractivity contribution < 1.29 is 19.5 Å². The maximum Gasteiger partial charge on any atom is 0.329 e. The summed E-state index contributed by atoms with van der Waals surface area (Å²) in [6.07, 6.45) is 0. The van der Waals surface area contributed by atoms with E-state index < -0.39 is 17.9 Å². The molecule has 1 aromatic carbocycles. The van der Waals surface area contributed by atoms with Gasteiger partial charge in [0, 0.05) is 12.2 Å². The Balaban J connectivity index is 2.21. The van der Waals surface area contributed by atoms with Gasteiger partial charge in [0.15, 0.2) is 6.04 Å². The zero-order valence-corrected chi connectivity index (χ0v) is 12.2. The number of aliphatic carboxylic acids is 1. The summed E-state index contributed by atoms with van der Waals surface area (Å²) >= 11 is 0. The third-order valence-electron chi connectivity index (χ3n) is 3.26. The van der Waals surface area contributed by atoms with Crippen LogP contribution in [0.15, 0.2) is 35.6 Å². The SMILES string of the molecule is CCN1OC(C)=C(C(=O)Nc2ccc(C#N)cc2)C1C(=O)O. The quantitative estimate of drug-likeness (QED) is 0.873. The van der Waals surface area contributed by atoms with Crippen molar-refractivity contribution in [1.29, 1.82) is 5.26 Å². The Morgan fingerprint density at radius 1 is 1.41 bits per heavy atom. The van der Waals surface area contributed by atoms with Crippen molar-refractivity contribution in [1.82, 2.24) is 5.06 Å². The monoisotopic (exact) mass is 301 g/mol. The Bertz CT molecular complexity index is 673. The summed E-state index contributed by atoms with van der Waals surface area (Å²) in [5, 5.41) is 21.9.